The quantitative estimate of drug-likeness (QED) is 0.204. The number of nitrogens with one attached hydrogen (secondary N) is 2. The lowest BCUT2D eigenvalue weighted by Crippen LogP contribution is -2.28. The second-order valence-electron chi connectivity index (χ2n) is 8.62. The molecule has 3 aromatic heterocycles. The number of anilines is 2. The summed E-state index contributed by atoms with van der Waals surface area (Å²) in [5.41, 5.74) is 10.2. The lowest BCUT2D eigenvalue weighted by Gasteiger charge is -2.10. The van der Waals surface area contributed by atoms with Crippen LogP contribution in [0.5, 0.6) is 0 Å². The summed E-state index contributed by atoms with van der Waals surface area (Å²) in [6.07, 6.45) is -1.22. The van der Waals surface area contributed by atoms with Gasteiger partial charge in [-0.25, -0.2) is 14.6 Å². The van der Waals surface area contributed by atoms with Crippen LogP contribution >= 0.6 is 11.6 Å². The van der Waals surface area contributed by atoms with Gasteiger partial charge in [0.25, 0.3) is 11.8 Å². The van der Waals surface area contributed by atoms with Crippen LogP contribution in [0.4, 0.5) is 24.5 Å². The summed E-state index contributed by atoms with van der Waals surface area (Å²) in [7, 11) is 1.40. The molecule has 0 atom stereocenters. The Hall–Kier alpha value is -4.47. The van der Waals surface area contributed by atoms with Crippen molar-refractivity contribution >= 4 is 34.8 Å². The Morgan fingerprint density at radius 1 is 1.10 bits per heavy atom. The molecule has 2 amide bonds. The second kappa shape index (κ2) is 12.4. The van der Waals surface area contributed by atoms with Crippen molar-refractivity contribution in [1.29, 1.82) is 0 Å². The minimum atomic E-state index is -4.80. The summed E-state index contributed by atoms with van der Waals surface area (Å²) in [5.74, 6) is -1.22. The maximum atomic E-state index is 13.9. The second-order valence-corrected chi connectivity index (χ2v) is 9.02. The third-order valence-corrected chi connectivity index (χ3v) is 6.03. The van der Waals surface area contributed by atoms with Crippen LogP contribution in [0, 0.1) is 0 Å². The average molecular weight is 592 g/mol. The molecule has 0 aliphatic heterocycles. The average Bonchev–Trinajstić information content (AvgIpc) is 3.53. The zero-order valence-corrected chi connectivity index (χ0v) is 22.3. The summed E-state index contributed by atoms with van der Waals surface area (Å²) in [6.45, 7) is 1.27. The predicted octanol–water partition coefficient (Wildman–Crippen LogP) is 2.88. The van der Waals surface area contributed by atoms with Crippen molar-refractivity contribution in [3.63, 3.8) is 0 Å². The van der Waals surface area contributed by atoms with Crippen LogP contribution in [0.2, 0.25) is 5.02 Å². The monoisotopic (exact) mass is 591 g/mol. The lowest BCUT2D eigenvalue weighted by atomic mass is 10.2. The normalized spacial score (nSPS) is 11.5. The topological polar surface area (TPSA) is 168 Å². The molecule has 4 rings (SSSR count). The van der Waals surface area contributed by atoms with E-state index < -0.39 is 23.7 Å². The molecule has 0 aliphatic rings. The highest BCUT2D eigenvalue weighted by molar-refractivity contribution is 6.34. The fraction of sp³-hybridized carbons (Fsp3) is 0.240. The van der Waals surface area contributed by atoms with E-state index in [-0.39, 0.29) is 52.3 Å². The first-order chi connectivity index (χ1) is 19.5. The number of rotatable bonds is 10. The summed E-state index contributed by atoms with van der Waals surface area (Å²) in [6, 6.07) is 7.15. The van der Waals surface area contributed by atoms with Crippen LogP contribution in [0.1, 0.15) is 26.7 Å². The fourth-order valence-electron chi connectivity index (χ4n) is 3.77. The Labute approximate surface area is 236 Å². The zero-order valence-electron chi connectivity index (χ0n) is 21.6. The molecule has 6 N–H and O–H groups in total. The number of imidazole rings is 1. The van der Waals surface area contributed by atoms with Crippen molar-refractivity contribution in [3.8, 4) is 17.1 Å². The molecule has 41 heavy (non-hydrogen) atoms. The maximum absolute atomic E-state index is 13.9. The molecule has 4 aromatic rings. The van der Waals surface area contributed by atoms with Gasteiger partial charge in [0, 0.05) is 32.0 Å². The molecule has 0 unspecified atom stereocenters. The van der Waals surface area contributed by atoms with Gasteiger partial charge in [-0.2, -0.15) is 18.3 Å². The first-order valence-electron chi connectivity index (χ1n) is 12.1. The number of amides is 2. The molecule has 0 spiro atoms. The highest BCUT2D eigenvalue weighted by atomic mass is 35.5. The smallest absolute Gasteiger partial charge is 0.397 e. The Kier molecular flexibility index (Phi) is 8.90. The van der Waals surface area contributed by atoms with Crippen molar-refractivity contribution in [2.75, 3.05) is 37.4 Å². The number of carbonyl (C=O) groups is 2. The molecule has 0 aliphatic carbocycles. The van der Waals surface area contributed by atoms with E-state index in [1.165, 1.54) is 48.1 Å². The van der Waals surface area contributed by atoms with Crippen LogP contribution in [0.15, 0.2) is 48.9 Å². The van der Waals surface area contributed by atoms with E-state index >= 15 is 0 Å². The molecule has 0 fully saturated rings. The van der Waals surface area contributed by atoms with Gasteiger partial charge < -0.3 is 31.4 Å². The zero-order chi connectivity index (χ0) is 29.7. The number of alkyl halides is 3. The van der Waals surface area contributed by atoms with Crippen LogP contribution in [-0.2, 0) is 18.0 Å². The van der Waals surface area contributed by atoms with Gasteiger partial charge in [0.2, 0.25) is 0 Å². The van der Waals surface area contributed by atoms with Crippen molar-refractivity contribution < 1.29 is 27.5 Å². The van der Waals surface area contributed by atoms with E-state index in [1.807, 2.05) is 0 Å². The first kappa shape index (κ1) is 29.5. The van der Waals surface area contributed by atoms with Crippen molar-refractivity contribution in [2.24, 2.45) is 12.8 Å². The van der Waals surface area contributed by atoms with Crippen molar-refractivity contribution in [1.82, 2.24) is 29.6 Å². The molecule has 1 aromatic carbocycles. The lowest BCUT2D eigenvalue weighted by molar-refractivity contribution is -0.140. The van der Waals surface area contributed by atoms with E-state index in [0.29, 0.717) is 18.8 Å². The summed E-state index contributed by atoms with van der Waals surface area (Å²) >= 11 is 6.24. The molecule has 0 saturated carbocycles. The Morgan fingerprint density at radius 2 is 1.88 bits per heavy atom. The van der Waals surface area contributed by atoms with Gasteiger partial charge in [0.1, 0.15) is 0 Å². The SMILES string of the molecule is Cn1c(-c2cn(-c3ccc(N)cn3)nc2C(F)(F)F)cnc1C(=O)Nc1ccc(C(=O)NCCOCCN)c(Cl)c1. The van der Waals surface area contributed by atoms with Gasteiger partial charge in [0.05, 0.1) is 53.1 Å². The number of hydrogen-bond donors (Lipinski definition) is 4. The van der Waals surface area contributed by atoms with Crippen LogP contribution in [0.3, 0.4) is 0 Å². The summed E-state index contributed by atoms with van der Waals surface area (Å²) in [5, 5.41) is 8.98. The minimum absolute atomic E-state index is 0.00957. The highest BCUT2D eigenvalue weighted by Gasteiger charge is 2.39. The molecule has 0 radical (unpaired) electrons. The molecule has 0 bridgehead atoms. The molecule has 16 heteroatoms. The molecular formula is C25H25ClF3N9O3. The van der Waals surface area contributed by atoms with Gasteiger partial charge in [0.15, 0.2) is 17.3 Å². The number of benzene rings is 1. The highest BCUT2D eigenvalue weighted by Crippen LogP contribution is 2.36. The van der Waals surface area contributed by atoms with E-state index in [4.69, 9.17) is 27.8 Å². The van der Waals surface area contributed by atoms with Crippen LogP contribution in [0.25, 0.3) is 17.1 Å². The van der Waals surface area contributed by atoms with Crippen LogP contribution in [-0.4, -0.2) is 62.4 Å². The molecule has 216 valence electrons. The van der Waals surface area contributed by atoms with Crippen molar-refractivity contribution in [3.05, 3.63) is 71.0 Å². The number of nitrogen functional groups attached to an aromatic ring is 1. The maximum Gasteiger partial charge on any atom is 0.435 e. The van der Waals surface area contributed by atoms with Gasteiger partial charge in [-0.3, -0.25) is 9.59 Å². The molecule has 0 saturated heterocycles. The Balaban J connectivity index is 1.52. The van der Waals surface area contributed by atoms with Gasteiger partial charge >= 0.3 is 6.18 Å². The predicted molar refractivity (Wildman–Crippen MR) is 145 cm³/mol. The van der Waals surface area contributed by atoms with E-state index in [1.54, 1.807) is 0 Å². The van der Waals surface area contributed by atoms with E-state index in [0.717, 1.165) is 17.1 Å². The summed E-state index contributed by atoms with van der Waals surface area (Å²) in [4.78, 5) is 33.4. The third kappa shape index (κ3) is 6.82. The molecular weight excluding hydrogens is 567 g/mol. The van der Waals surface area contributed by atoms with Crippen LogP contribution < -0.4 is 22.1 Å². The van der Waals surface area contributed by atoms with Crippen molar-refractivity contribution in [2.45, 2.75) is 6.18 Å². The van der Waals surface area contributed by atoms with E-state index in [2.05, 4.69) is 25.7 Å². The number of ether oxygens (including phenoxy) is 1. The first-order valence-corrected chi connectivity index (χ1v) is 12.4. The number of carbonyl (C=O) groups excluding carboxylic acids is 2. The number of halogens is 4. The van der Waals surface area contributed by atoms with Gasteiger partial charge in [-0.05, 0) is 30.3 Å². The number of hydrogen-bond acceptors (Lipinski definition) is 8. The minimum Gasteiger partial charge on any atom is -0.397 e. The van der Waals surface area contributed by atoms with E-state index in [9.17, 15) is 22.8 Å². The van der Waals surface area contributed by atoms with Gasteiger partial charge in [-0.15, -0.1) is 0 Å². The molecule has 12 nitrogen and oxygen atoms in total. The molecule has 3 heterocycles. The largest absolute Gasteiger partial charge is 0.435 e. The number of pyridine rings is 1. The fourth-order valence-corrected chi connectivity index (χ4v) is 4.04. The standard InChI is InChI=1S/C25H25ClF3N9O3/c1-37-19(17-13-38(36-21(17)25(27,28)29)20-5-2-14(31)11-33-20)12-34-22(37)24(40)35-15-3-4-16(18(26)10-15)23(39)32-7-9-41-8-6-30/h2-5,10-13H,6-9,30-31H2,1H3,(H,32,39)(H,35,40). The number of nitrogens with zero attached hydrogens (tertiary/aromatic N) is 5. The number of nitrogens with two attached hydrogens (primary N) is 2. The Morgan fingerprint density at radius 3 is 2.54 bits per heavy atom. The third-order valence-electron chi connectivity index (χ3n) is 5.72. The Bertz CT molecular complexity index is 1550. The number of aromatic nitrogens is 5. The van der Waals surface area contributed by atoms with Gasteiger partial charge in [-0.1, -0.05) is 11.6 Å². The summed E-state index contributed by atoms with van der Waals surface area (Å²) < 4.78 is 49.0.